The van der Waals surface area contributed by atoms with E-state index >= 15 is 0 Å². The summed E-state index contributed by atoms with van der Waals surface area (Å²) in [6.07, 6.45) is 0. The Labute approximate surface area is 168 Å². The molecule has 6 heteroatoms. The lowest BCUT2D eigenvalue weighted by Gasteiger charge is -2.02. The molecule has 1 aromatic heterocycles. The Hall–Kier alpha value is -3.93. The van der Waals surface area contributed by atoms with E-state index in [1.165, 1.54) is 7.11 Å². The zero-order chi connectivity index (χ0) is 20.2. The third-order valence-corrected chi connectivity index (χ3v) is 4.63. The number of fused-ring (bicyclic) bond motifs is 1. The van der Waals surface area contributed by atoms with Crippen LogP contribution >= 0.6 is 0 Å². The second-order valence-electron chi connectivity index (χ2n) is 6.57. The molecular weight excluding hydrogens is 364 g/mol. The van der Waals surface area contributed by atoms with E-state index in [1.54, 1.807) is 12.1 Å². The lowest BCUT2D eigenvalue weighted by Crippen LogP contribution is -2.13. The van der Waals surface area contributed by atoms with Crippen molar-refractivity contribution in [1.29, 1.82) is 0 Å². The van der Waals surface area contributed by atoms with Gasteiger partial charge in [-0.25, -0.2) is 9.78 Å². The standard InChI is InChI=1S/C23H20N4O2/c1-29-23(28)17-9-7-16(8-10-17)22-26-19-12-11-18(13-20(19)27-22)21(24)25-14-15-5-3-2-4-6-15/h2-13H,14H2,1H3,(H2,24,25)(H,26,27). The summed E-state index contributed by atoms with van der Waals surface area (Å²) in [6, 6.07) is 22.9. The Morgan fingerprint density at radius 1 is 1.03 bits per heavy atom. The zero-order valence-corrected chi connectivity index (χ0v) is 15.9. The van der Waals surface area contributed by atoms with Crippen LogP contribution in [0.15, 0.2) is 77.8 Å². The minimum absolute atomic E-state index is 0.365. The van der Waals surface area contributed by atoms with Crippen LogP contribution in [0.4, 0.5) is 0 Å². The number of carbonyl (C=O) groups is 1. The number of imidazole rings is 1. The Kier molecular flexibility index (Phi) is 5.07. The third kappa shape index (κ3) is 4.01. The van der Waals surface area contributed by atoms with Crippen LogP contribution in [-0.2, 0) is 11.3 Å². The zero-order valence-electron chi connectivity index (χ0n) is 15.9. The number of carbonyl (C=O) groups excluding carboxylic acids is 1. The third-order valence-electron chi connectivity index (χ3n) is 4.63. The van der Waals surface area contributed by atoms with Gasteiger partial charge in [-0.3, -0.25) is 4.99 Å². The summed E-state index contributed by atoms with van der Waals surface area (Å²) < 4.78 is 4.73. The summed E-state index contributed by atoms with van der Waals surface area (Å²) >= 11 is 0. The van der Waals surface area contributed by atoms with Crippen molar-refractivity contribution in [2.45, 2.75) is 6.54 Å². The fourth-order valence-corrected chi connectivity index (χ4v) is 3.04. The van der Waals surface area contributed by atoms with Crippen LogP contribution in [0.2, 0.25) is 0 Å². The molecule has 1 heterocycles. The number of benzene rings is 3. The predicted octanol–water partition coefficient (Wildman–Crippen LogP) is 3.92. The molecule has 0 spiro atoms. The van der Waals surface area contributed by atoms with Crippen molar-refractivity contribution < 1.29 is 9.53 Å². The summed E-state index contributed by atoms with van der Waals surface area (Å²) in [4.78, 5) is 24.0. The van der Waals surface area contributed by atoms with Gasteiger partial charge in [0.2, 0.25) is 0 Å². The van der Waals surface area contributed by atoms with Crippen molar-refractivity contribution in [2.75, 3.05) is 7.11 Å². The van der Waals surface area contributed by atoms with Gasteiger partial charge < -0.3 is 15.5 Å². The average Bonchev–Trinajstić information content (AvgIpc) is 3.21. The molecule has 6 nitrogen and oxygen atoms in total. The fraction of sp³-hybridized carbons (Fsp3) is 0.0870. The first-order valence-corrected chi connectivity index (χ1v) is 9.17. The minimum Gasteiger partial charge on any atom is -0.465 e. The number of nitrogens with one attached hydrogen (secondary N) is 1. The van der Waals surface area contributed by atoms with Gasteiger partial charge >= 0.3 is 5.97 Å². The monoisotopic (exact) mass is 384 g/mol. The molecule has 0 unspecified atom stereocenters. The molecule has 0 atom stereocenters. The lowest BCUT2D eigenvalue weighted by atomic mass is 10.1. The predicted molar refractivity (Wildman–Crippen MR) is 114 cm³/mol. The molecular formula is C23H20N4O2. The van der Waals surface area contributed by atoms with Gasteiger partial charge in [-0.15, -0.1) is 0 Å². The maximum absolute atomic E-state index is 11.6. The Balaban J connectivity index is 1.58. The number of aromatic amines is 1. The molecule has 3 N–H and O–H groups in total. The number of aliphatic imine (C=N–C) groups is 1. The summed E-state index contributed by atoms with van der Waals surface area (Å²) in [5.41, 5.74) is 11.2. The molecule has 0 aliphatic rings. The van der Waals surface area contributed by atoms with E-state index in [2.05, 4.69) is 15.0 Å². The summed E-state index contributed by atoms with van der Waals surface area (Å²) in [5, 5.41) is 0. The molecule has 4 rings (SSSR count). The number of amidine groups is 1. The van der Waals surface area contributed by atoms with Crippen LogP contribution in [0.1, 0.15) is 21.5 Å². The molecule has 3 aromatic carbocycles. The first kappa shape index (κ1) is 18.4. The van der Waals surface area contributed by atoms with Gasteiger partial charge in [0.15, 0.2) is 0 Å². The normalized spacial score (nSPS) is 11.6. The van der Waals surface area contributed by atoms with E-state index in [0.29, 0.717) is 23.8 Å². The molecule has 0 bridgehead atoms. The Bertz CT molecular complexity index is 1180. The number of esters is 1. The molecule has 0 aliphatic heterocycles. The summed E-state index contributed by atoms with van der Waals surface area (Å²) in [5.74, 6) is 0.832. The molecule has 0 saturated heterocycles. The molecule has 4 aromatic rings. The number of H-pyrrole nitrogens is 1. The number of ether oxygens (including phenoxy) is 1. The second-order valence-corrected chi connectivity index (χ2v) is 6.57. The van der Waals surface area contributed by atoms with E-state index in [-0.39, 0.29) is 5.97 Å². The summed E-state index contributed by atoms with van der Waals surface area (Å²) in [6.45, 7) is 0.533. The molecule has 0 fully saturated rings. The van der Waals surface area contributed by atoms with Crippen LogP contribution < -0.4 is 5.73 Å². The number of rotatable bonds is 5. The molecule has 0 amide bonds. The number of aromatic nitrogens is 2. The number of hydrogen-bond donors (Lipinski definition) is 2. The van der Waals surface area contributed by atoms with Gasteiger partial charge in [-0.2, -0.15) is 0 Å². The molecule has 0 radical (unpaired) electrons. The van der Waals surface area contributed by atoms with E-state index < -0.39 is 0 Å². The largest absolute Gasteiger partial charge is 0.465 e. The summed E-state index contributed by atoms with van der Waals surface area (Å²) in [7, 11) is 1.36. The highest BCUT2D eigenvalue weighted by atomic mass is 16.5. The van der Waals surface area contributed by atoms with E-state index in [9.17, 15) is 4.79 Å². The van der Waals surface area contributed by atoms with Gasteiger partial charge in [-0.05, 0) is 35.9 Å². The molecule has 144 valence electrons. The van der Waals surface area contributed by atoms with Crippen LogP contribution in [0.25, 0.3) is 22.4 Å². The van der Waals surface area contributed by atoms with E-state index in [4.69, 9.17) is 10.5 Å². The first-order chi connectivity index (χ1) is 14.1. The average molecular weight is 384 g/mol. The Morgan fingerprint density at radius 3 is 2.48 bits per heavy atom. The van der Waals surface area contributed by atoms with Gasteiger partial charge in [0.25, 0.3) is 0 Å². The number of hydrogen-bond acceptors (Lipinski definition) is 4. The molecule has 0 aliphatic carbocycles. The van der Waals surface area contributed by atoms with Crippen molar-refractivity contribution in [3.05, 3.63) is 89.5 Å². The quantitative estimate of drug-likeness (QED) is 0.310. The van der Waals surface area contributed by atoms with E-state index in [0.717, 1.165) is 27.7 Å². The molecule has 29 heavy (non-hydrogen) atoms. The van der Waals surface area contributed by atoms with Gasteiger partial charge in [0.1, 0.15) is 11.7 Å². The highest BCUT2D eigenvalue weighted by Crippen LogP contribution is 2.22. The number of methoxy groups -OCH3 is 1. The van der Waals surface area contributed by atoms with Crippen LogP contribution in [0, 0.1) is 0 Å². The van der Waals surface area contributed by atoms with Crippen molar-refractivity contribution in [3.63, 3.8) is 0 Å². The smallest absolute Gasteiger partial charge is 0.337 e. The second kappa shape index (κ2) is 7.98. The minimum atomic E-state index is -0.365. The van der Waals surface area contributed by atoms with Crippen molar-refractivity contribution in [3.8, 4) is 11.4 Å². The van der Waals surface area contributed by atoms with Gasteiger partial charge in [0, 0.05) is 11.1 Å². The number of nitrogens with two attached hydrogens (primary N) is 1. The van der Waals surface area contributed by atoms with Gasteiger partial charge in [-0.1, -0.05) is 42.5 Å². The van der Waals surface area contributed by atoms with Crippen molar-refractivity contribution >= 4 is 22.8 Å². The van der Waals surface area contributed by atoms with Crippen LogP contribution in [0.5, 0.6) is 0 Å². The van der Waals surface area contributed by atoms with E-state index in [1.807, 2.05) is 60.7 Å². The molecule has 0 saturated carbocycles. The highest BCUT2D eigenvalue weighted by molar-refractivity contribution is 6.00. The van der Waals surface area contributed by atoms with Crippen molar-refractivity contribution in [1.82, 2.24) is 9.97 Å². The SMILES string of the molecule is COC(=O)c1ccc(-c2nc3ccc(C(N)=NCc4ccccc4)cc3[nH]2)cc1. The Morgan fingerprint density at radius 2 is 1.76 bits per heavy atom. The van der Waals surface area contributed by atoms with Crippen LogP contribution in [0.3, 0.4) is 0 Å². The van der Waals surface area contributed by atoms with Gasteiger partial charge in [0.05, 0.1) is 30.3 Å². The lowest BCUT2D eigenvalue weighted by molar-refractivity contribution is 0.0601. The maximum atomic E-state index is 11.6. The highest BCUT2D eigenvalue weighted by Gasteiger charge is 2.09. The van der Waals surface area contributed by atoms with Crippen molar-refractivity contribution in [2.24, 2.45) is 10.7 Å². The topological polar surface area (TPSA) is 93.4 Å². The fourth-order valence-electron chi connectivity index (χ4n) is 3.04. The number of nitrogens with zero attached hydrogens (tertiary/aromatic N) is 2. The van der Waals surface area contributed by atoms with Crippen LogP contribution in [-0.4, -0.2) is 28.9 Å². The maximum Gasteiger partial charge on any atom is 0.337 e. The first-order valence-electron chi connectivity index (χ1n) is 9.17.